The summed E-state index contributed by atoms with van der Waals surface area (Å²) < 4.78 is 2.04. The van der Waals surface area contributed by atoms with Gasteiger partial charge < -0.3 is 5.32 Å². The van der Waals surface area contributed by atoms with Crippen LogP contribution in [0, 0.1) is 17.8 Å². The normalized spacial score (nSPS) is 29.1. The second kappa shape index (κ2) is 6.91. The molecule has 0 saturated heterocycles. The molecule has 21 heavy (non-hydrogen) atoms. The van der Waals surface area contributed by atoms with Crippen molar-refractivity contribution >= 4 is 0 Å². The summed E-state index contributed by atoms with van der Waals surface area (Å²) in [4.78, 5) is 4.47. The van der Waals surface area contributed by atoms with Crippen LogP contribution in [0.25, 0.3) is 0 Å². The Morgan fingerprint density at radius 3 is 2.90 bits per heavy atom. The molecule has 2 aliphatic rings. The maximum Gasteiger partial charge on any atom is 0.138 e. The lowest BCUT2D eigenvalue weighted by Gasteiger charge is -2.27. The second-order valence-corrected chi connectivity index (χ2v) is 7.02. The van der Waals surface area contributed by atoms with Gasteiger partial charge in [0, 0.05) is 19.0 Å². The molecule has 0 aromatic carbocycles. The number of nitrogens with zero attached hydrogens (tertiary/aromatic N) is 3. The summed E-state index contributed by atoms with van der Waals surface area (Å²) in [5, 5.41) is 8.08. The molecule has 1 aromatic rings. The van der Waals surface area contributed by atoms with E-state index >= 15 is 0 Å². The Balaban J connectivity index is 1.60. The van der Waals surface area contributed by atoms with Crippen LogP contribution in [-0.4, -0.2) is 27.4 Å². The quantitative estimate of drug-likeness (QED) is 0.800. The van der Waals surface area contributed by atoms with E-state index in [1.807, 2.05) is 4.68 Å². The van der Waals surface area contributed by atoms with E-state index in [1.165, 1.54) is 38.5 Å². The van der Waals surface area contributed by atoms with Crippen molar-refractivity contribution in [3.05, 3.63) is 12.2 Å². The molecular weight excluding hydrogens is 260 g/mol. The lowest BCUT2D eigenvalue weighted by atomic mass is 9.83. The van der Waals surface area contributed by atoms with Crippen LogP contribution in [0.4, 0.5) is 0 Å². The van der Waals surface area contributed by atoms with E-state index < -0.39 is 0 Å². The Hall–Kier alpha value is -0.900. The molecule has 0 radical (unpaired) electrons. The van der Waals surface area contributed by atoms with Crippen molar-refractivity contribution in [2.45, 2.75) is 71.4 Å². The van der Waals surface area contributed by atoms with Crippen LogP contribution >= 0.6 is 0 Å². The molecule has 2 bridgehead atoms. The molecule has 0 amide bonds. The van der Waals surface area contributed by atoms with E-state index in [4.69, 9.17) is 0 Å². The monoisotopic (exact) mass is 290 g/mol. The second-order valence-electron chi connectivity index (χ2n) is 7.02. The van der Waals surface area contributed by atoms with Crippen molar-refractivity contribution in [3.63, 3.8) is 0 Å². The molecule has 1 aromatic heterocycles. The zero-order valence-corrected chi connectivity index (χ0v) is 13.6. The summed E-state index contributed by atoms with van der Waals surface area (Å²) in [6.45, 7) is 6.43. The molecule has 0 aliphatic heterocycles. The molecule has 4 atom stereocenters. The summed E-state index contributed by atoms with van der Waals surface area (Å²) in [7, 11) is 0. The van der Waals surface area contributed by atoms with Crippen molar-refractivity contribution in [2.75, 3.05) is 6.54 Å². The molecular formula is C17H30N4. The third-order valence-electron chi connectivity index (χ3n) is 5.58. The molecule has 3 rings (SSSR count). The Bertz CT molecular complexity index is 442. The number of fused-ring (bicyclic) bond motifs is 2. The number of rotatable bonds is 8. The van der Waals surface area contributed by atoms with E-state index in [0.717, 1.165) is 43.1 Å². The van der Waals surface area contributed by atoms with Crippen molar-refractivity contribution in [3.8, 4) is 0 Å². The first-order chi connectivity index (χ1) is 10.3. The number of hydrogen-bond acceptors (Lipinski definition) is 3. The summed E-state index contributed by atoms with van der Waals surface area (Å²) in [5.74, 6) is 4.17. The number of aryl methyl sites for hydroxylation is 1. The van der Waals surface area contributed by atoms with Gasteiger partial charge in [-0.15, -0.1) is 0 Å². The highest BCUT2D eigenvalue weighted by Gasteiger charge is 2.40. The van der Waals surface area contributed by atoms with Crippen LogP contribution in [0.5, 0.6) is 0 Å². The van der Waals surface area contributed by atoms with Crippen LogP contribution in [0.15, 0.2) is 6.33 Å². The first-order valence-electron chi connectivity index (χ1n) is 8.90. The highest BCUT2D eigenvalue weighted by Crippen LogP contribution is 2.49. The third-order valence-corrected chi connectivity index (χ3v) is 5.58. The molecule has 2 fully saturated rings. The van der Waals surface area contributed by atoms with Gasteiger partial charge in [-0.2, -0.15) is 5.10 Å². The van der Waals surface area contributed by atoms with Gasteiger partial charge >= 0.3 is 0 Å². The van der Waals surface area contributed by atoms with Crippen molar-refractivity contribution in [1.82, 2.24) is 20.1 Å². The van der Waals surface area contributed by atoms with Crippen LogP contribution in [0.1, 0.15) is 58.2 Å². The van der Waals surface area contributed by atoms with Crippen LogP contribution < -0.4 is 5.32 Å². The number of hydrogen-bond donors (Lipinski definition) is 1. The summed E-state index contributed by atoms with van der Waals surface area (Å²) in [6.07, 6.45) is 11.2. The molecule has 2 saturated carbocycles. The van der Waals surface area contributed by atoms with E-state index in [-0.39, 0.29) is 0 Å². The maximum atomic E-state index is 4.47. The van der Waals surface area contributed by atoms with E-state index in [0.29, 0.717) is 6.04 Å². The van der Waals surface area contributed by atoms with Gasteiger partial charge in [-0.1, -0.05) is 13.3 Å². The summed E-state index contributed by atoms with van der Waals surface area (Å²) in [6, 6.07) is 0.573. The molecule has 0 spiro atoms. The fraction of sp³-hybridized carbons (Fsp3) is 0.882. The van der Waals surface area contributed by atoms with Crippen LogP contribution in [0.3, 0.4) is 0 Å². The Kier molecular flexibility index (Phi) is 4.94. The Morgan fingerprint density at radius 1 is 1.33 bits per heavy atom. The lowest BCUT2D eigenvalue weighted by Crippen LogP contribution is -2.35. The summed E-state index contributed by atoms with van der Waals surface area (Å²) in [5.41, 5.74) is 0. The van der Waals surface area contributed by atoms with E-state index in [2.05, 4.69) is 29.2 Å². The van der Waals surface area contributed by atoms with Crippen LogP contribution in [0.2, 0.25) is 0 Å². The minimum atomic E-state index is 0.573. The van der Waals surface area contributed by atoms with E-state index in [1.54, 1.807) is 6.33 Å². The van der Waals surface area contributed by atoms with E-state index in [9.17, 15) is 0 Å². The van der Waals surface area contributed by atoms with Gasteiger partial charge in [0.2, 0.25) is 0 Å². The van der Waals surface area contributed by atoms with Gasteiger partial charge in [0.1, 0.15) is 12.2 Å². The molecule has 1 heterocycles. The first kappa shape index (κ1) is 15.0. The van der Waals surface area contributed by atoms with Gasteiger partial charge in [0.25, 0.3) is 0 Å². The molecule has 4 unspecified atom stereocenters. The smallest absolute Gasteiger partial charge is 0.138 e. The largest absolute Gasteiger partial charge is 0.314 e. The SMILES string of the molecule is CCCNC(Cc1ncnn1CC)CC1CC2CCC1C2. The third kappa shape index (κ3) is 3.47. The Labute approximate surface area is 128 Å². The minimum absolute atomic E-state index is 0.573. The van der Waals surface area contributed by atoms with Gasteiger partial charge in [0.15, 0.2) is 0 Å². The predicted octanol–water partition coefficient (Wildman–Crippen LogP) is 3.04. The molecule has 4 nitrogen and oxygen atoms in total. The Morgan fingerprint density at radius 2 is 2.24 bits per heavy atom. The zero-order chi connectivity index (χ0) is 14.7. The van der Waals surface area contributed by atoms with Gasteiger partial charge in [0.05, 0.1) is 0 Å². The van der Waals surface area contributed by atoms with Gasteiger partial charge in [-0.25, -0.2) is 4.98 Å². The molecule has 2 aliphatic carbocycles. The first-order valence-corrected chi connectivity index (χ1v) is 8.90. The highest BCUT2D eigenvalue weighted by molar-refractivity contribution is 4.95. The van der Waals surface area contributed by atoms with Crippen molar-refractivity contribution in [1.29, 1.82) is 0 Å². The van der Waals surface area contributed by atoms with Crippen molar-refractivity contribution in [2.24, 2.45) is 17.8 Å². The predicted molar refractivity (Wildman–Crippen MR) is 85.0 cm³/mol. The van der Waals surface area contributed by atoms with Gasteiger partial charge in [-0.3, -0.25) is 4.68 Å². The zero-order valence-electron chi connectivity index (χ0n) is 13.6. The number of aromatic nitrogens is 3. The average molecular weight is 290 g/mol. The topological polar surface area (TPSA) is 42.7 Å². The van der Waals surface area contributed by atoms with Crippen molar-refractivity contribution < 1.29 is 0 Å². The lowest BCUT2D eigenvalue weighted by molar-refractivity contribution is 0.274. The van der Waals surface area contributed by atoms with Gasteiger partial charge in [-0.05, 0) is 63.3 Å². The molecule has 4 heteroatoms. The average Bonchev–Trinajstić information content (AvgIpc) is 3.20. The minimum Gasteiger partial charge on any atom is -0.314 e. The molecule has 1 N–H and O–H groups in total. The standard InChI is InChI=1S/C17H30N4/c1-3-7-18-16(11-17-19-12-20-21(17)4-2)10-15-9-13-5-6-14(15)8-13/h12-16,18H,3-11H2,1-2H3. The molecule has 118 valence electrons. The highest BCUT2D eigenvalue weighted by atomic mass is 15.3. The van der Waals surface area contributed by atoms with Crippen LogP contribution in [-0.2, 0) is 13.0 Å². The maximum absolute atomic E-state index is 4.47. The fourth-order valence-corrected chi connectivity index (χ4v) is 4.55. The summed E-state index contributed by atoms with van der Waals surface area (Å²) >= 11 is 0. The number of nitrogens with one attached hydrogen (secondary N) is 1. The fourth-order valence-electron chi connectivity index (χ4n) is 4.55.